The van der Waals surface area contributed by atoms with Crippen molar-refractivity contribution in [3.63, 3.8) is 0 Å². The molecule has 0 saturated heterocycles. The Hall–Kier alpha value is -2.27. The Kier molecular flexibility index (Phi) is 4.39. The summed E-state index contributed by atoms with van der Waals surface area (Å²) in [6.07, 6.45) is 0.601. The lowest BCUT2D eigenvalue weighted by Gasteiger charge is -2.16. The highest BCUT2D eigenvalue weighted by atomic mass is 19.2. The highest BCUT2D eigenvalue weighted by Gasteiger charge is 2.44. The predicted molar refractivity (Wildman–Crippen MR) is 81.6 cm³/mol. The van der Waals surface area contributed by atoms with Crippen molar-refractivity contribution in [3.05, 3.63) is 71.3 Å². The third-order valence-electron chi connectivity index (χ3n) is 4.20. The normalized spacial score (nSPS) is 20.8. The molecule has 3 nitrogen and oxygen atoms in total. The van der Waals surface area contributed by atoms with Crippen molar-refractivity contribution in [2.24, 2.45) is 5.92 Å². The minimum Gasteiger partial charge on any atom is -0.394 e. The molecule has 1 amide bonds. The van der Waals surface area contributed by atoms with E-state index in [-0.39, 0.29) is 24.3 Å². The first kappa shape index (κ1) is 15.6. The minimum absolute atomic E-state index is 0.0970. The van der Waals surface area contributed by atoms with Gasteiger partial charge in [-0.2, -0.15) is 0 Å². The first-order chi connectivity index (χ1) is 11.1. The summed E-state index contributed by atoms with van der Waals surface area (Å²) in [5, 5.41) is 12.3. The highest BCUT2D eigenvalue weighted by molar-refractivity contribution is 5.83. The largest absolute Gasteiger partial charge is 0.394 e. The van der Waals surface area contributed by atoms with Crippen LogP contribution in [-0.4, -0.2) is 17.6 Å². The van der Waals surface area contributed by atoms with Crippen LogP contribution in [0.5, 0.6) is 0 Å². The predicted octanol–water partition coefficient (Wildman–Crippen LogP) is 2.92. The van der Waals surface area contributed by atoms with Gasteiger partial charge in [0, 0.05) is 5.92 Å². The van der Waals surface area contributed by atoms with Crippen molar-refractivity contribution in [2.75, 3.05) is 6.61 Å². The molecule has 2 N–H and O–H groups in total. The van der Waals surface area contributed by atoms with Gasteiger partial charge >= 0.3 is 0 Å². The van der Waals surface area contributed by atoms with E-state index in [1.165, 1.54) is 6.07 Å². The Labute approximate surface area is 133 Å². The van der Waals surface area contributed by atoms with Crippen LogP contribution in [0.1, 0.15) is 29.5 Å². The number of aliphatic hydroxyl groups excluding tert-OH is 1. The van der Waals surface area contributed by atoms with E-state index in [0.29, 0.717) is 12.0 Å². The summed E-state index contributed by atoms with van der Waals surface area (Å²) in [4.78, 5) is 12.3. The third kappa shape index (κ3) is 3.40. The summed E-state index contributed by atoms with van der Waals surface area (Å²) in [7, 11) is 0. The molecule has 0 heterocycles. The van der Waals surface area contributed by atoms with Gasteiger partial charge < -0.3 is 10.4 Å². The van der Waals surface area contributed by atoms with Crippen molar-refractivity contribution in [2.45, 2.75) is 18.4 Å². The fourth-order valence-electron chi connectivity index (χ4n) is 2.79. The van der Waals surface area contributed by atoms with Crippen LogP contribution in [0.15, 0.2) is 48.5 Å². The van der Waals surface area contributed by atoms with Crippen LogP contribution < -0.4 is 5.32 Å². The molecule has 0 bridgehead atoms. The molecular weight excluding hydrogens is 300 g/mol. The Morgan fingerprint density at radius 2 is 1.91 bits per heavy atom. The second-order valence-corrected chi connectivity index (χ2v) is 5.78. The van der Waals surface area contributed by atoms with Gasteiger partial charge in [-0.3, -0.25) is 4.79 Å². The number of carbonyl (C=O) groups excluding carboxylic acids is 1. The summed E-state index contributed by atoms with van der Waals surface area (Å²) < 4.78 is 26.2. The zero-order valence-electron chi connectivity index (χ0n) is 12.4. The van der Waals surface area contributed by atoms with Gasteiger partial charge in [0.05, 0.1) is 12.6 Å². The van der Waals surface area contributed by atoms with Gasteiger partial charge in [0.15, 0.2) is 11.6 Å². The first-order valence-electron chi connectivity index (χ1n) is 7.51. The lowest BCUT2D eigenvalue weighted by Crippen LogP contribution is -2.32. The second kappa shape index (κ2) is 6.46. The molecule has 1 aliphatic rings. The lowest BCUT2D eigenvalue weighted by atomic mass is 10.1. The fraction of sp³-hybridized carbons (Fsp3) is 0.278. The zero-order chi connectivity index (χ0) is 16.4. The van der Waals surface area contributed by atoms with Crippen molar-refractivity contribution in [1.82, 2.24) is 5.32 Å². The van der Waals surface area contributed by atoms with Gasteiger partial charge in [-0.25, -0.2) is 8.78 Å². The number of aliphatic hydroxyl groups is 1. The van der Waals surface area contributed by atoms with Crippen LogP contribution in [0.25, 0.3) is 0 Å². The quantitative estimate of drug-likeness (QED) is 0.891. The number of carbonyl (C=O) groups is 1. The van der Waals surface area contributed by atoms with Crippen molar-refractivity contribution in [3.8, 4) is 0 Å². The molecule has 5 heteroatoms. The van der Waals surface area contributed by atoms with Crippen molar-refractivity contribution in [1.29, 1.82) is 0 Å². The molecule has 3 rings (SSSR count). The smallest absolute Gasteiger partial charge is 0.224 e. The molecule has 1 aliphatic carbocycles. The van der Waals surface area contributed by atoms with E-state index in [1.807, 2.05) is 30.3 Å². The average molecular weight is 317 g/mol. The number of halogens is 2. The maximum absolute atomic E-state index is 13.3. The number of hydrogen-bond donors (Lipinski definition) is 2. The fourth-order valence-corrected chi connectivity index (χ4v) is 2.79. The van der Waals surface area contributed by atoms with Gasteiger partial charge in [0.1, 0.15) is 0 Å². The van der Waals surface area contributed by atoms with E-state index >= 15 is 0 Å². The Morgan fingerprint density at radius 3 is 2.57 bits per heavy atom. The molecule has 2 aromatic carbocycles. The van der Waals surface area contributed by atoms with E-state index in [0.717, 1.165) is 17.7 Å². The van der Waals surface area contributed by atoms with Crippen LogP contribution in [0.3, 0.4) is 0 Å². The summed E-state index contributed by atoms with van der Waals surface area (Å²) in [5.41, 5.74) is 1.46. The van der Waals surface area contributed by atoms with E-state index in [2.05, 4.69) is 5.32 Å². The Bertz CT molecular complexity index is 705. The lowest BCUT2D eigenvalue weighted by molar-refractivity contribution is -0.123. The van der Waals surface area contributed by atoms with Gasteiger partial charge in [-0.05, 0) is 35.6 Å². The highest BCUT2D eigenvalue weighted by Crippen LogP contribution is 2.48. The summed E-state index contributed by atoms with van der Waals surface area (Å²) in [6.45, 7) is -0.196. The van der Waals surface area contributed by atoms with Gasteiger partial charge in [-0.1, -0.05) is 36.4 Å². The first-order valence-corrected chi connectivity index (χ1v) is 7.51. The van der Waals surface area contributed by atoms with E-state index < -0.39 is 17.7 Å². The minimum atomic E-state index is -0.897. The average Bonchev–Trinajstić information content (AvgIpc) is 3.36. The van der Waals surface area contributed by atoms with Crippen LogP contribution in [0.4, 0.5) is 8.78 Å². The summed E-state index contributed by atoms with van der Waals surface area (Å²) >= 11 is 0. The SMILES string of the molecule is O=C(N[C@H](CO)c1ccccc1)C1CC1c1ccc(F)c(F)c1. The number of benzene rings is 2. The van der Waals surface area contributed by atoms with Crippen LogP contribution in [0, 0.1) is 17.6 Å². The molecule has 23 heavy (non-hydrogen) atoms. The monoisotopic (exact) mass is 317 g/mol. The topological polar surface area (TPSA) is 49.3 Å². The molecule has 120 valence electrons. The molecule has 2 unspecified atom stereocenters. The summed E-state index contributed by atoms with van der Waals surface area (Å²) in [5.74, 6) is -2.33. The van der Waals surface area contributed by atoms with Crippen molar-refractivity contribution < 1.29 is 18.7 Å². The molecule has 0 spiro atoms. The molecule has 0 radical (unpaired) electrons. The molecule has 3 atom stereocenters. The molecule has 1 fully saturated rings. The van der Waals surface area contributed by atoms with E-state index in [9.17, 15) is 18.7 Å². The second-order valence-electron chi connectivity index (χ2n) is 5.78. The molecule has 1 saturated carbocycles. The van der Waals surface area contributed by atoms with Crippen LogP contribution in [-0.2, 0) is 4.79 Å². The van der Waals surface area contributed by atoms with Gasteiger partial charge in [0.25, 0.3) is 0 Å². The molecule has 0 aliphatic heterocycles. The Balaban J connectivity index is 1.64. The number of hydrogen-bond acceptors (Lipinski definition) is 2. The standard InChI is InChI=1S/C18H17F2NO2/c19-15-7-6-12(8-16(15)20)13-9-14(13)18(23)21-17(10-22)11-4-2-1-3-5-11/h1-8,13-14,17,22H,9-10H2,(H,21,23)/t13?,14?,17-/m1/s1. The third-order valence-corrected chi connectivity index (χ3v) is 4.20. The number of rotatable bonds is 5. The maximum Gasteiger partial charge on any atom is 0.224 e. The van der Waals surface area contributed by atoms with Gasteiger partial charge in [0.2, 0.25) is 5.91 Å². The number of amides is 1. The molecular formula is C18H17F2NO2. The van der Waals surface area contributed by atoms with Gasteiger partial charge in [-0.15, -0.1) is 0 Å². The van der Waals surface area contributed by atoms with Crippen molar-refractivity contribution >= 4 is 5.91 Å². The molecule has 2 aromatic rings. The van der Waals surface area contributed by atoms with E-state index in [4.69, 9.17) is 0 Å². The zero-order valence-corrected chi connectivity index (χ0v) is 12.4. The van der Waals surface area contributed by atoms with E-state index in [1.54, 1.807) is 0 Å². The summed E-state index contributed by atoms with van der Waals surface area (Å²) in [6, 6.07) is 12.5. The number of nitrogens with one attached hydrogen (secondary N) is 1. The maximum atomic E-state index is 13.3. The Morgan fingerprint density at radius 1 is 1.17 bits per heavy atom. The van der Waals surface area contributed by atoms with Crippen LogP contribution >= 0.6 is 0 Å². The molecule has 0 aromatic heterocycles. The van der Waals surface area contributed by atoms with Crippen LogP contribution in [0.2, 0.25) is 0 Å².